The van der Waals surface area contributed by atoms with Crippen molar-refractivity contribution in [3.63, 3.8) is 0 Å². The molecule has 0 atom stereocenters. The average Bonchev–Trinajstić information content (AvgIpc) is 3.18. The minimum atomic E-state index is -0.135. The van der Waals surface area contributed by atoms with Crippen molar-refractivity contribution in [2.75, 3.05) is 18.6 Å². The number of carbonyl (C=O) groups excluding carboxylic acids is 1. The summed E-state index contributed by atoms with van der Waals surface area (Å²) in [6.07, 6.45) is 3.36. The second-order valence-corrected chi connectivity index (χ2v) is 6.27. The first-order valence-electron chi connectivity index (χ1n) is 7.76. The molecule has 0 aliphatic carbocycles. The quantitative estimate of drug-likeness (QED) is 0.607. The van der Waals surface area contributed by atoms with Crippen LogP contribution in [0, 0.1) is 0 Å². The van der Waals surface area contributed by atoms with E-state index in [1.807, 2.05) is 41.8 Å². The standard InChI is InChI=1S/C19H18N2O3S.ClH/c1-23-16-6-2-7-17(11-16)24-14-19(22)21(13-18-8-4-10-25-18)15-5-3-9-20-12-15;/h2-12H,13-14H2,1H3;1H. The zero-order valence-electron chi connectivity index (χ0n) is 14.2. The van der Waals surface area contributed by atoms with Gasteiger partial charge in [-0.3, -0.25) is 9.78 Å². The van der Waals surface area contributed by atoms with E-state index in [0.717, 1.165) is 10.6 Å². The third-order valence-electron chi connectivity index (χ3n) is 3.56. The van der Waals surface area contributed by atoms with Crippen LogP contribution in [0.2, 0.25) is 0 Å². The van der Waals surface area contributed by atoms with E-state index in [0.29, 0.717) is 18.0 Å². The first-order valence-corrected chi connectivity index (χ1v) is 8.64. The molecule has 2 aromatic heterocycles. The van der Waals surface area contributed by atoms with Gasteiger partial charge >= 0.3 is 0 Å². The molecule has 0 bridgehead atoms. The number of halogens is 1. The highest BCUT2D eigenvalue weighted by molar-refractivity contribution is 7.09. The van der Waals surface area contributed by atoms with Crippen molar-refractivity contribution in [2.45, 2.75) is 6.54 Å². The van der Waals surface area contributed by atoms with Gasteiger partial charge in [0.15, 0.2) is 6.61 Å². The number of thiophene rings is 1. The largest absolute Gasteiger partial charge is 0.497 e. The van der Waals surface area contributed by atoms with Crippen molar-refractivity contribution in [2.24, 2.45) is 0 Å². The van der Waals surface area contributed by atoms with Crippen LogP contribution in [0.1, 0.15) is 4.88 Å². The number of hydrogen-bond donors (Lipinski definition) is 0. The van der Waals surface area contributed by atoms with Gasteiger partial charge in [0.1, 0.15) is 11.5 Å². The van der Waals surface area contributed by atoms with Gasteiger partial charge < -0.3 is 14.4 Å². The number of benzene rings is 1. The molecule has 7 heteroatoms. The van der Waals surface area contributed by atoms with Crippen molar-refractivity contribution < 1.29 is 14.3 Å². The summed E-state index contributed by atoms with van der Waals surface area (Å²) in [5, 5.41) is 1.99. The van der Waals surface area contributed by atoms with Crippen LogP contribution < -0.4 is 14.4 Å². The molecule has 3 aromatic rings. The first kappa shape index (κ1) is 19.8. The van der Waals surface area contributed by atoms with Crippen molar-refractivity contribution in [1.29, 1.82) is 0 Å². The molecule has 136 valence electrons. The topological polar surface area (TPSA) is 51.7 Å². The van der Waals surface area contributed by atoms with E-state index in [-0.39, 0.29) is 24.9 Å². The third kappa shape index (κ3) is 5.21. The van der Waals surface area contributed by atoms with Gasteiger partial charge in [-0.05, 0) is 35.7 Å². The SMILES string of the molecule is COc1cccc(OCC(=O)N(Cc2cccs2)c2cccnc2)c1.Cl. The summed E-state index contributed by atoms with van der Waals surface area (Å²) < 4.78 is 10.8. The van der Waals surface area contributed by atoms with E-state index < -0.39 is 0 Å². The Bertz CT molecular complexity index is 813. The Hall–Kier alpha value is -2.57. The fourth-order valence-electron chi connectivity index (χ4n) is 2.31. The van der Waals surface area contributed by atoms with Gasteiger partial charge in [-0.15, -0.1) is 23.7 Å². The van der Waals surface area contributed by atoms with Crippen LogP contribution in [0.25, 0.3) is 0 Å². The van der Waals surface area contributed by atoms with Gasteiger partial charge in [0.2, 0.25) is 0 Å². The monoisotopic (exact) mass is 390 g/mol. The fraction of sp³-hybridized carbons (Fsp3) is 0.158. The molecule has 3 rings (SSSR count). The number of aromatic nitrogens is 1. The minimum Gasteiger partial charge on any atom is -0.497 e. The molecular formula is C19H19ClN2O3S. The van der Waals surface area contributed by atoms with Gasteiger partial charge in [-0.2, -0.15) is 0 Å². The van der Waals surface area contributed by atoms with Crippen LogP contribution in [0.5, 0.6) is 11.5 Å². The number of carbonyl (C=O) groups is 1. The molecule has 1 amide bonds. The number of pyridine rings is 1. The number of methoxy groups -OCH3 is 1. The summed E-state index contributed by atoms with van der Waals surface area (Å²) in [5.74, 6) is 1.15. The van der Waals surface area contributed by atoms with Crippen LogP contribution in [-0.4, -0.2) is 24.6 Å². The van der Waals surface area contributed by atoms with E-state index in [2.05, 4.69) is 4.98 Å². The predicted molar refractivity (Wildman–Crippen MR) is 105 cm³/mol. The molecule has 0 spiro atoms. The Morgan fingerprint density at radius 1 is 1.15 bits per heavy atom. The third-order valence-corrected chi connectivity index (χ3v) is 4.42. The van der Waals surface area contributed by atoms with Crippen LogP contribution >= 0.6 is 23.7 Å². The van der Waals surface area contributed by atoms with Crippen LogP contribution in [0.15, 0.2) is 66.3 Å². The second kappa shape index (κ2) is 9.79. The minimum absolute atomic E-state index is 0. The Labute approximate surface area is 162 Å². The number of anilines is 1. The number of rotatable bonds is 7. The van der Waals surface area contributed by atoms with E-state index in [4.69, 9.17) is 9.47 Å². The zero-order chi connectivity index (χ0) is 17.5. The molecule has 0 N–H and O–H groups in total. The highest BCUT2D eigenvalue weighted by Crippen LogP contribution is 2.21. The Kier molecular flexibility index (Phi) is 7.44. The lowest BCUT2D eigenvalue weighted by molar-refractivity contribution is -0.120. The Morgan fingerprint density at radius 3 is 2.69 bits per heavy atom. The summed E-state index contributed by atoms with van der Waals surface area (Å²) in [7, 11) is 1.59. The number of nitrogens with zero attached hydrogens (tertiary/aromatic N) is 2. The maximum atomic E-state index is 12.7. The number of amides is 1. The van der Waals surface area contributed by atoms with Crippen LogP contribution in [0.3, 0.4) is 0 Å². The fourth-order valence-corrected chi connectivity index (χ4v) is 3.00. The maximum Gasteiger partial charge on any atom is 0.265 e. The van der Waals surface area contributed by atoms with Crippen LogP contribution in [-0.2, 0) is 11.3 Å². The molecule has 0 radical (unpaired) electrons. The smallest absolute Gasteiger partial charge is 0.265 e. The summed E-state index contributed by atoms with van der Waals surface area (Å²) in [5.41, 5.74) is 0.746. The molecule has 0 aliphatic heterocycles. The van der Waals surface area contributed by atoms with Crippen molar-refractivity contribution in [3.8, 4) is 11.5 Å². The summed E-state index contributed by atoms with van der Waals surface area (Å²) in [6, 6.07) is 14.8. The van der Waals surface area contributed by atoms with E-state index in [1.54, 1.807) is 47.9 Å². The summed E-state index contributed by atoms with van der Waals surface area (Å²) in [4.78, 5) is 19.6. The van der Waals surface area contributed by atoms with Crippen molar-refractivity contribution >= 4 is 35.3 Å². The highest BCUT2D eigenvalue weighted by atomic mass is 35.5. The van der Waals surface area contributed by atoms with Gasteiger partial charge in [0.05, 0.1) is 25.5 Å². The number of ether oxygens (including phenoxy) is 2. The van der Waals surface area contributed by atoms with E-state index in [9.17, 15) is 4.79 Å². The molecule has 2 heterocycles. The van der Waals surface area contributed by atoms with Gasteiger partial charge in [-0.25, -0.2) is 0 Å². The van der Waals surface area contributed by atoms with Gasteiger partial charge in [-0.1, -0.05) is 12.1 Å². The Morgan fingerprint density at radius 2 is 2.00 bits per heavy atom. The Balaban J connectivity index is 0.00000243. The van der Waals surface area contributed by atoms with Gasteiger partial charge in [0, 0.05) is 17.1 Å². The van der Waals surface area contributed by atoms with E-state index in [1.165, 1.54) is 0 Å². The molecule has 1 aromatic carbocycles. The maximum absolute atomic E-state index is 12.7. The van der Waals surface area contributed by atoms with Crippen molar-refractivity contribution in [1.82, 2.24) is 4.98 Å². The predicted octanol–water partition coefficient (Wildman–Crippen LogP) is 4.19. The lowest BCUT2D eigenvalue weighted by Gasteiger charge is -2.22. The summed E-state index contributed by atoms with van der Waals surface area (Å²) >= 11 is 1.61. The molecule has 0 unspecified atom stereocenters. The lowest BCUT2D eigenvalue weighted by Crippen LogP contribution is -2.34. The van der Waals surface area contributed by atoms with Crippen molar-refractivity contribution in [3.05, 3.63) is 71.2 Å². The molecule has 0 saturated heterocycles. The lowest BCUT2D eigenvalue weighted by atomic mass is 10.3. The zero-order valence-corrected chi connectivity index (χ0v) is 15.8. The van der Waals surface area contributed by atoms with Gasteiger partial charge in [0.25, 0.3) is 5.91 Å². The molecule has 5 nitrogen and oxygen atoms in total. The molecule has 26 heavy (non-hydrogen) atoms. The molecular weight excluding hydrogens is 372 g/mol. The molecule has 0 saturated carbocycles. The average molecular weight is 391 g/mol. The molecule has 0 aliphatic rings. The second-order valence-electron chi connectivity index (χ2n) is 5.24. The summed E-state index contributed by atoms with van der Waals surface area (Å²) in [6.45, 7) is 0.428. The van der Waals surface area contributed by atoms with E-state index >= 15 is 0 Å². The van der Waals surface area contributed by atoms with Crippen LogP contribution in [0.4, 0.5) is 5.69 Å². The highest BCUT2D eigenvalue weighted by Gasteiger charge is 2.17. The molecule has 0 fully saturated rings. The first-order chi connectivity index (χ1) is 12.3. The number of hydrogen-bond acceptors (Lipinski definition) is 5. The normalized spacial score (nSPS) is 9.88.